The molecule has 0 aliphatic heterocycles. The smallest absolute Gasteiger partial charge is 0.244 e. The van der Waals surface area contributed by atoms with Crippen molar-refractivity contribution in [1.82, 2.24) is 4.72 Å². The predicted octanol–water partition coefficient (Wildman–Crippen LogP) is 3.19. The van der Waals surface area contributed by atoms with E-state index in [9.17, 15) is 12.8 Å². The maximum atomic E-state index is 13.4. The zero-order chi connectivity index (χ0) is 16.4. The summed E-state index contributed by atoms with van der Waals surface area (Å²) in [5, 5.41) is 0. The van der Waals surface area contributed by atoms with E-state index in [0.717, 1.165) is 24.0 Å². The van der Waals surface area contributed by atoms with E-state index in [2.05, 4.69) is 4.72 Å². The monoisotopic (exact) mass is 335 g/mol. The van der Waals surface area contributed by atoms with Crippen LogP contribution in [0, 0.1) is 5.82 Å². The van der Waals surface area contributed by atoms with Gasteiger partial charge in [0.1, 0.15) is 16.5 Å². The molecule has 0 saturated carbocycles. The molecule has 6 heteroatoms. The van der Waals surface area contributed by atoms with E-state index in [1.807, 2.05) is 0 Å². The molecule has 1 aliphatic rings. The number of aryl methyl sites for hydroxylation is 1. The third-order valence-corrected chi connectivity index (χ3v) is 5.59. The Hall–Kier alpha value is -1.92. The van der Waals surface area contributed by atoms with Gasteiger partial charge in [0, 0.05) is 6.04 Å². The van der Waals surface area contributed by atoms with Crippen molar-refractivity contribution in [2.24, 2.45) is 0 Å². The number of ether oxygens (including phenoxy) is 1. The summed E-state index contributed by atoms with van der Waals surface area (Å²) < 4.78 is 46.6. The summed E-state index contributed by atoms with van der Waals surface area (Å²) in [7, 11) is -2.29. The number of fused-ring (bicyclic) bond motifs is 1. The highest BCUT2D eigenvalue weighted by Crippen LogP contribution is 2.32. The molecule has 0 aromatic heterocycles. The van der Waals surface area contributed by atoms with Crippen molar-refractivity contribution >= 4 is 10.0 Å². The maximum absolute atomic E-state index is 13.4. The first kappa shape index (κ1) is 16.0. The van der Waals surface area contributed by atoms with Crippen LogP contribution >= 0.6 is 0 Å². The fourth-order valence-corrected chi connectivity index (χ4v) is 4.42. The van der Waals surface area contributed by atoms with Gasteiger partial charge in [-0.2, -0.15) is 0 Å². The number of hydrogen-bond donors (Lipinski definition) is 1. The second-order valence-corrected chi connectivity index (χ2v) is 7.24. The Labute approximate surface area is 135 Å². The highest BCUT2D eigenvalue weighted by molar-refractivity contribution is 7.89. The number of para-hydroxylation sites is 1. The van der Waals surface area contributed by atoms with Crippen LogP contribution in [0.4, 0.5) is 4.39 Å². The Morgan fingerprint density at radius 3 is 2.78 bits per heavy atom. The van der Waals surface area contributed by atoms with Crippen LogP contribution in [0.2, 0.25) is 0 Å². The lowest BCUT2D eigenvalue weighted by molar-refractivity contribution is 0.401. The Balaban J connectivity index is 1.93. The molecule has 0 fully saturated rings. The first-order valence-electron chi connectivity index (χ1n) is 7.45. The largest absolute Gasteiger partial charge is 0.495 e. The molecule has 1 unspecified atom stereocenters. The summed E-state index contributed by atoms with van der Waals surface area (Å²) in [6, 6.07) is 10.7. The van der Waals surface area contributed by atoms with Gasteiger partial charge in [0.05, 0.1) is 7.11 Å². The van der Waals surface area contributed by atoms with Gasteiger partial charge in [0.15, 0.2) is 0 Å². The SMILES string of the molecule is COc1ccccc1S(=O)(=O)NC1CCCc2cc(F)ccc21. The van der Waals surface area contributed by atoms with Crippen molar-refractivity contribution in [3.05, 3.63) is 59.4 Å². The molecule has 2 aromatic rings. The minimum atomic E-state index is -3.72. The number of methoxy groups -OCH3 is 1. The van der Waals surface area contributed by atoms with E-state index in [4.69, 9.17) is 4.74 Å². The van der Waals surface area contributed by atoms with Gasteiger partial charge in [-0.15, -0.1) is 0 Å². The average Bonchev–Trinajstić information content (AvgIpc) is 2.54. The minimum absolute atomic E-state index is 0.108. The summed E-state index contributed by atoms with van der Waals surface area (Å²) in [5.74, 6) is 0.00660. The van der Waals surface area contributed by atoms with Gasteiger partial charge in [0.25, 0.3) is 0 Å². The first-order valence-corrected chi connectivity index (χ1v) is 8.93. The molecule has 122 valence electrons. The minimum Gasteiger partial charge on any atom is -0.495 e. The molecule has 23 heavy (non-hydrogen) atoms. The van der Waals surface area contributed by atoms with E-state index in [1.165, 1.54) is 25.3 Å². The quantitative estimate of drug-likeness (QED) is 0.933. The summed E-state index contributed by atoms with van der Waals surface area (Å²) >= 11 is 0. The zero-order valence-corrected chi connectivity index (χ0v) is 13.6. The van der Waals surface area contributed by atoms with Crippen molar-refractivity contribution in [2.45, 2.75) is 30.2 Å². The standard InChI is InChI=1S/C17H18FNO3S/c1-22-16-7-2-3-8-17(16)23(20,21)19-15-6-4-5-12-11-13(18)9-10-14(12)15/h2-3,7-11,15,19H,4-6H2,1H3. The first-order chi connectivity index (χ1) is 11.0. The average molecular weight is 335 g/mol. The molecule has 0 amide bonds. The van der Waals surface area contributed by atoms with Gasteiger partial charge in [-0.3, -0.25) is 0 Å². The van der Waals surface area contributed by atoms with Crippen LogP contribution in [0.1, 0.15) is 30.0 Å². The van der Waals surface area contributed by atoms with Crippen molar-refractivity contribution in [3.8, 4) is 5.75 Å². The molecule has 2 aromatic carbocycles. The number of hydrogen-bond acceptors (Lipinski definition) is 3. The number of sulfonamides is 1. The Morgan fingerprint density at radius 2 is 2.00 bits per heavy atom. The Morgan fingerprint density at radius 1 is 1.22 bits per heavy atom. The highest BCUT2D eigenvalue weighted by atomic mass is 32.2. The molecule has 3 rings (SSSR count). The van der Waals surface area contributed by atoms with Gasteiger partial charge in [-0.05, 0) is 54.7 Å². The molecule has 1 N–H and O–H groups in total. The van der Waals surface area contributed by atoms with E-state index in [0.29, 0.717) is 12.2 Å². The van der Waals surface area contributed by atoms with Crippen LogP contribution < -0.4 is 9.46 Å². The van der Waals surface area contributed by atoms with Gasteiger partial charge in [-0.1, -0.05) is 18.2 Å². The normalized spacial score (nSPS) is 17.6. The summed E-state index contributed by atoms with van der Waals surface area (Å²) in [5.41, 5.74) is 1.71. The molecule has 4 nitrogen and oxygen atoms in total. The summed E-state index contributed by atoms with van der Waals surface area (Å²) in [6.45, 7) is 0. The number of benzene rings is 2. The Kier molecular flexibility index (Phi) is 4.37. The van der Waals surface area contributed by atoms with Crippen molar-refractivity contribution < 1.29 is 17.5 Å². The lowest BCUT2D eigenvalue weighted by Gasteiger charge is -2.26. The predicted molar refractivity (Wildman–Crippen MR) is 85.4 cm³/mol. The Bertz CT molecular complexity index is 820. The molecule has 0 saturated heterocycles. The molecular formula is C17H18FNO3S. The van der Waals surface area contributed by atoms with Crippen LogP contribution in [-0.4, -0.2) is 15.5 Å². The number of halogens is 1. The maximum Gasteiger partial charge on any atom is 0.244 e. The van der Waals surface area contributed by atoms with E-state index in [1.54, 1.807) is 24.3 Å². The number of rotatable bonds is 4. The van der Waals surface area contributed by atoms with Crippen molar-refractivity contribution in [3.63, 3.8) is 0 Å². The third-order valence-electron chi connectivity index (χ3n) is 4.08. The van der Waals surface area contributed by atoms with Crippen molar-refractivity contribution in [1.29, 1.82) is 0 Å². The van der Waals surface area contributed by atoms with E-state index < -0.39 is 10.0 Å². The van der Waals surface area contributed by atoms with Crippen LogP contribution in [0.15, 0.2) is 47.4 Å². The molecule has 0 bridgehead atoms. The summed E-state index contributed by atoms with van der Waals surface area (Å²) in [6.07, 6.45) is 2.27. The molecule has 0 heterocycles. The molecule has 0 radical (unpaired) electrons. The molecular weight excluding hydrogens is 317 g/mol. The third kappa shape index (κ3) is 3.23. The second-order valence-electron chi connectivity index (χ2n) is 5.56. The van der Waals surface area contributed by atoms with Crippen LogP contribution in [0.3, 0.4) is 0 Å². The lowest BCUT2D eigenvalue weighted by atomic mass is 9.88. The van der Waals surface area contributed by atoms with Gasteiger partial charge in [-0.25, -0.2) is 17.5 Å². The molecule has 0 spiro atoms. The van der Waals surface area contributed by atoms with E-state index >= 15 is 0 Å². The lowest BCUT2D eigenvalue weighted by Crippen LogP contribution is -2.31. The zero-order valence-electron chi connectivity index (χ0n) is 12.8. The highest BCUT2D eigenvalue weighted by Gasteiger charge is 2.27. The van der Waals surface area contributed by atoms with Crippen LogP contribution in [0.5, 0.6) is 5.75 Å². The second kappa shape index (κ2) is 6.29. The fourth-order valence-electron chi connectivity index (χ4n) is 3.00. The van der Waals surface area contributed by atoms with Crippen molar-refractivity contribution in [2.75, 3.05) is 7.11 Å². The number of nitrogens with one attached hydrogen (secondary N) is 1. The van der Waals surface area contributed by atoms with Crippen LogP contribution in [-0.2, 0) is 16.4 Å². The topological polar surface area (TPSA) is 55.4 Å². The molecule has 1 atom stereocenters. The van der Waals surface area contributed by atoms with Gasteiger partial charge < -0.3 is 4.74 Å². The fraction of sp³-hybridized carbons (Fsp3) is 0.294. The molecule has 1 aliphatic carbocycles. The van der Waals surface area contributed by atoms with Gasteiger partial charge >= 0.3 is 0 Å². The van der Waals surface area contributed by atoms with Gasteiger partial charge in [0.2, 0.25) is 10.0 Å². The van der Waals surface area contributed by atoms with E-state index in [-0.39, 0.29) is 16.8 Å². The summed E-state index contributed by atoms with van der Waals surface area (Å²) in [4.78, 5) is 0.108. The van der Waals surface area contributed by atoms with Crippen LogP contribution in [0.25, 0.3) is 0 Å².